The van der Waals surface area contributed by atoms with Gasteiger partial charge in [-0.05, 0) is 38.0 Å². The molecule has 0 saturated heterocycles. The Balaban J connectivity index is 2.02. The van der Waals surface area contributed by atoms with Gasteiger partial charge in [-0.25, -0.2) is 0 Å². The van der Waals surface area contributed by atoms with Gasteiger partial charge in [0.05, 0.1) is 6.42 Å². The van der Waals surface area contributed by atoms with Crippen LogP contribution in [-0.2, 0) is 16.0 Å². The number of rotatable bonds is 5. The molecule has 0 amide bonds. The van der Waals surface area contributed by atoms with Crippen molar-refractivity contribution in [3.8, 4) is 23.0 Å². The molecule has 1 aliphatic rings. The van der Waals surface area contributed by atoms with Crippen LogP contribution in [-0.4, -0.2) is 22.8 Å². The molecule has 0 aromatic heterocycles. The second-order valence-electron chi connectivity index (χ2n) is 7.55. The van der Waals surface area contributed by atoms with Crippen molar-refractivity contribution in [1.82, 2.24) is 0 Å². The highest BCUT2D eigenvalue weighted by Gasteiger charge is 2.33. The molecular weight excluding hydrogens is 400 g/mol. The van der Waals surface area contributed by atoms with Crippen LogP contribution in [0.3, 0.4) is 0 Å². The quantitative estimate of drug-likeness (QED) is 0.430. The van der Waals surface area contributed by atoms with Gasteiger partial charge in [-0.2, -0.15) is 0 Å². The standard InChI is InChI=1S/C24H24O7/c1-13(2)8-9-18-21(30-15(4)26)12-22-23(24(18)28)19(27)11-20(31-22)16-6-5-7-17(10-16)29-14(3)25/h5-8,10,12,20,28H,9,11H2,1-4H3. The highest BCUT2D eigenvalue weighted by molar-refractivity contribution is 6.03. The fourth-order valence-electron chi connectivity index (χ4n) is 3.37. The number of allylic oxidation sites excluding steroid dienone is 2. The lowest BCUT2D eigenvalue weighted by Gasteiger charge is -2.27. The summed E-state index contributed by atoms with van der Waals surface area (Å²) in [5.41, 5.74) is 2.07. The molecule has 162 valence electrons. The van der Waals surface area contributed by atoms with Crippen molar-refractivity contribution in [2.75, 3.05) is 0 Å². The Labute approximate surface area is 180 Å². The first-order valence-electron chi connectivity index (χ1n) is 9.84. The minimum Gasteiger partial charge on any atom is -0.507 e. The van der Waals surface area contributed by atoms with Gasteiger partial charge in [-0.3, -0.25) is 14.4 Å². The summed E-state index contributed by atoms with van der Waals surface area (Å²) >= 11 is 0. The molecular formula is C24H24O7. The summed E-state index contributed by atoms with van der Waals surface area (Å²) in [7, 11) is 0. The second-order valence-corrected chi connectivity index (χ2v) is 7.55. The van der Waals surface area contributed by atoms with Gasteiger partial charge in [0.25, 0.3) is 0 Å². The fourth-order valence-corrected chi connectivity index (χ4v) is 3.37. The Morgan fingerprint density at radius 3 is 2.48 bits per heavy atom. The van der Waals surface area contributed by atoms with E-state index in [0.29, 0.717) is 23.3 Å². The number of fused-ring (bicyclic) bond motifs is 1. The zero-order valence-electron chi connectivity index (χ0n) is 17.9. The van der Waals surface area contributed by atoms with E-state index in [-0.39, 0.29) is 35.0 Å². The molecule has 31 heavy (non-hydrogen) atoms. The molecule has 0 bridgehead atoms. The molecule has 1 atom stereocenters. The van der Waals surface area contributed by atoms with Crippen molar-refractivity contribution in [1.29, 1.82) is 0 Å². The molecule has 2 aromatic rings. The maximum absolute atomic E-state index is 12.9. The molecule has 1 aliphatic heterocycles. The lowest BCUT2D eigenvalue weighted by atomic mass is 9.92. The average molecular weight is 424 g/mol. The van der Waals surface area contributed by atoms with Gasteiger partial charge in [-0.1, -0.05) is 23.8 Å². The van der Waals surface area contributed by atoms with Crippen molar-refractivity contribution in [2.45, 2.75) is 46.6 Å². The number of hydrogen-bond donors (Lipinski definition) is 1. The summed E-state index contributed by atoms with van der Waals surface area (Å²) in [4.78, 5) is 35.7. The number of ether oxygens (including phenoxy) is 3. The first-order chi connectivity index (χ1) is 14.7. The van der Waals surface area contributed by atoms with E-state index in [1.165, 1.54) is 19.9 Å². The molecule has 3 rings (SSSR count). The predicted octanol–water partition coefficient (Wildman–Crippen LogP) is 4.46. The van der Waals surface area contributed by atoms with E-state index in [1.54, 1.807) is 24.3 Å². The number of hydrogen-bond acceptors (Lipinski definition) is 7. The number of carbonyl (C=O) groups excluding carboxylic acids is 3. The van der Waals surface area contributed by atoms with E-state index in [9.17, 15) is 19.5 Å². The minimum atomic E-state index is -0.649. The number of esters is 2. The van der Waals surface area contributed by atoms with Crippen LogP contribution >= 0.6 is 0 Å². The van der Waals surface area contributed by atoms with Gasteiger partial charge in [0, 0.05) is 25.5 Å². The summed E-state index contributed by atoms with van der Waals surface area (Å²) in [5, 5.41) is 10.8. The van der Waals surface area contributed by atoms with Crippen LogP contribution in [0.4, 0.5) is 0 Å². The SMILES string of the molecule is CC(=O)Oc1cccc(C2CC(=O)c3c(cc(OC(C)=O)c(CC=C(C)C)c3O)O2)c1. The van der Waals surface area contributed by atoms with E-state index in [4.69, 9.17) is 14.2 Å². The maximum Gasteiger partial charge on any atom is 0.308 e. The molecule has 7 nitrogen and oxygen atoms in total. The number of carbonyl (C=O) groups is 3. The van der Waals surface area contributed by atoms with Crippen LogP contribution in [0.2, 0.25) is 0 Å². The van der Waals surface area contributed by atoms with Gasteiger partial charge >= 0.3 is 11.9 Å². The van der Waals surface area contributed by atoms with Crippen molar-refractivity contribution >= 4 is 17.7 Å². The Morgan fingerprint density at radius 2 is 1.84 bits per heavy atom. The van der Waals surface area contributed by atoms with Gasteiger partial charge in [0.1, 0.15) is 34.7 Å². The molecule has 2 aromatic carbocycles. The van der Waals surface area contributed by atoms with Crippen LogP contribution in [0.1, 0.15) is 61.7 Å². The molecule has 0 radical (unpaired) electrons. The molecule has 7 heteroatoms. The van der Waals surface area contributed by atoms with E-state index >= 15 is 0 Å². The molecule has 1 heterocycles. The van der Waals surface area contributed by atoms with E-state index < -0.39 is 18.0 Å². The van der Waals surface area contributed by atoms with E-state index in [0.717, 1.165) is 5.57 Å². The number of ketones is 1. The Morgan fingerprint density at radius 1 is 1.13 bits per heavy atom. The third-order valence-corrected chi connectivity index (χ3v) is 4.71. The zero-order chi connectivity index (χ0) is 22.7. The molecule has 1 N–H and O–H groups in total. The van der Waals surface area contributed by atoms with Crippen LogP contribution < -0.4 is 14.2 Å². The van der Waals surface area contributed by atoms with Gasteiger partial charge in [-0.15, -0.1) is 0 Å². The Hall–Kier alpha value is -3.61. The molecule has 0 spiro atoms. The van der Waals surface area contributed by atoms with Crippen LogP contribution in [0, 0.1) is 0 Å². The first-order valence-corrected chi connectivity index (χ1v) is 9.84. The summed E-state index contributed by atoms with van der Waals surface area (Å²) < 4.78 is 16.4. The summed E-state index contributed by atoms with van der Waals surface area (Å²) in [6.07, 6.45) is 1.51. The lowest BCUT2D eigenvalue weighted by Crippen LogP contribution is -2.21. The third kappa shape index (κ3) is 5.12. The first kappa shape index (κ1) is 22.1. The highest BCUT2D eigenvalue weighted by atomic mass is 16.5. The fraction of sp³-hybridized carbons (Fsp3) is 0.292. The van der Waals surface area contributed by atoms with Gasteiger partial charge < -0.3 is 19.3 Å². The van der Waals surface area contributed by atoms with Crippen molar-refractivity contribution in [3.05, 3.63) is 58.7 Å². The maximum atomic E-state index is 12.9. The topological polar surface area (TPSA) is 99.1 Å². The van der Waals surface area contributed by atoms with Crippen molar-refractivity contribution in [3.63, 3.8) is 0 Å². The van der Waals surface area contributed by atoms with Crippen molar-refractivity contribution in [2.24, 2.45) is 0 Å². The number of aromatic hydroxyl groups is 1. The number of phenols is 1. The number of phenolic OH excluding ortho intramolecular Hbond substituents is 1. The van der Waals surface area contributed by atoms with E-state index in [1.807, 2.05) is 19.9 Å². The molecule has 0 fully saturated rings. The van der Waals surface area contributed by atoms with Crippen molar-refractivity contribution < 1.29 is 33.7 Å². The average Bonchev–Trinajstić information content (AvgIpc) is 2.66. The lowest BCUT2D eigenvalue weighted by molar-refractivity contribution is -0.132. The Kier molecular flexibility index (Phi) is 6.44. The summed E-state index contributed by atoms with van der Waals surface area (Å²) in [5.74, 6) is -0.934. The van der Waals surface area contributed by atoms with E-state index in [2.05, 4.69) is 0 Å². The largest absolute Gasteiger partial charge is 0.507 e. The molecule has 0 aliphatic carbocycles. The number of benzene rings is 2. The second kappa shape index (κ2) is 9.04. The van der Waals surface area contributed by atoms with Crippen LogP contribution in [0.5, 0.6) is 23.0 Å². The van der Waals surface area contributed by atoms with Gasteiger partial charge in [0.2, 0.25) is 0 Å². The van der Waals surface area contributed by atoms with Gasteiger partial charge in [0.15, 0.2) is 5.78 Å². The third-order valence-electron chi connectivity index (χ3n) is 4.71. The highest BCUT2D eigenvalue weighted by Crippen LogP contribution is 2.45. The van der Waals surface area contributed by atoms with Crippen LogP contribution in [0.25, 0.3) is 0 Å². The van der Waals surface area contributed by atoms with Crippen LogP contribution in [0.15, 0.2) is 42.0 Å². The summed E-state index contributed by atoms with van der Waals surface area (Å²) in [6, 6.07) is 8.17. The zero-order valence-corrected chi connectivity index (χ0v) is 17.9. The smallest absolute Gasteiger partial charge is 0.308 e. The molecule has 0 saturated carbocycles. The normalized spacial score (nSPS) is 14.8. The molecule has 1 unspecified atom stereocenters. The summed E-state index contributed by atoms with van der Waals surface area (Å²) in [6.45, 7) is 6.37. The minimum absolute atomic E-state index is 0.000911. The monoisotopic (exact) mass is 424 g/mol. The predicted molar refractivity (Wildman–Crippen MR) is 113 cm³/mol. The Bertz CT molecular complexity index is 1080. The number of Topliss-reactive ketones (excluding diaryl/α,β-unsaturated/α-hetero) is 1.